The van der Waals surface area contributed by atoms with Crippen molar-refractivity contribution in [3.05, 3.63) is 76.1 Å². The Balaban J connectivity index is 1.89. The van der Waals surface area contributed by atoms with Crippen LogP contribution >= 0.6 is 0 Å². The Morgan fingerprint density at radius 1 is 1.13 bits per heavy atom. The summed E-state index contributed by atoms with van der Waals surface area (Å²) in [7, 11) is 1.54. The second kappa shape index (κ2) is 6.36. The molecule has 0 aliphatic rings. The molecular weight excluding hydrogens is 292 g/mol. The summed E-state index contributed by atoms with van der Waals surface area (Å²) < 4.78 is 5.22. The number of methoxy groups -OCH3 is 1. The number of rotatable bonds is 4. The number of hydrogen-bond donors (Lipinski definition) is 2. The number of hydrogen-bond acceptors (Lipinski definition) is 3. The van der Waals surface area contributed by atoms with Crippen molar-refractivity contribution >= 4 is 16.8 Å². The number of ether oxygens (including phenoxy) is 1. The lowest BCUT2D eigenvalue weighted by Gasteiger charge is -2.08. The van der Waals surface area contributed by atoms with E-state index in [9.17, 15) is 9.59 Å². The van der Waals surface area contributed by atoms with E-state index < -0.39 is 5.91 Å². The van der Waals surface area contributed by atoms with Crippen LogP contribution in [0.2, 0.25) is 0 Å². The maximum Gasteiger partial charge on any atom is 0.257 e. The lowest BCUT2D eigenvalue weighted by atomic mass is 10.1. The number of para-hydroxylation sites is 1. The van der Waals surface area contributed by atoms with Gasteiger partial charge in [-0.1, -0.05) is 36.4 Å². The van der Waals surface area contributed by atoms with Gasteiger partial charge in [0.1, 0.15) is 11.3 Å². The SMILES string of the molecule is COc1cccc2c(=O)c(C(=O)NCc3ccccc3)c[nH]c12. The zero-order valence-corrected chi connectivity index (χ0v) is 12.6. The summed E-state index contributed by atoms with van der Waals surface area (Å²) in [4.78, 5) is 27.8. The van der Waals surface area contributed by atoms with E-state index in [1.807, 2.05) is 30.3 Å². The minimum Gasteiger partial charge on any atom is -0.495 e. The van der Waals surface area contributed by atoms with Crippen LogP contribution in [0, 0.1) is 0 Å². The number of fused-ring (bicyclic) bond motifs is 1. The predicted molar refractivity (Wildman–Crippen MR) is 88.7 cm³/mol. The van der Waals surface area contributed by atoms with E-state index in [1.165, 1.54) is 13.3 Å². The van der Waals surface area contributed by atoms with Crippen molar-refractivity contribution in [2.75, 3.05) is 7.11 Å². The topological polar surface area (TPSA) is 71.2 Å². The summed E-state index contributed by atoms with van der Waals surface area (Å²) in [5, 5.41) is 3.19. The van der Waals surface area contributed by atoms with E-state index in [1.54, 1.807) is 18.2 Å². The first-order valence-corrected chi connectivity index (χ1v) is 7.21. The molecule has 2 N–H and O–H groups in total. The van der Waals surface area contributed by atoms with Crippen LogP contribution in [-0.2, 0) is 6.54 Å². The smallest absolute Gasteiger partial charge is 0.257 e. The predicted octanol–water partition coefficient (Wildman–Crippen LogP) is 2.47. The minimum atomic E-state index is -0.403. The quantitative estimate of drug-likeness (QED) is 0.778. The maximum absolute atomic E-state index is 12.5. The summed E-state index contributed by atoms with van der Waals surface area (Å²) >= 11 is 0. The van der Waals surface area contributed by atoms with Crippen molar-refractivity contribution in [2.45, 2.75) is 6.54 Å². The molecule has 0 unspecified atom stereocenters. The fourth-order valence-electron chi connectivity index (χ4n) is 2.44. The Morgan fingerprint density at radius 3 is 2.65 bits per heavy atom. The maximum atomic E-state index is 12.5. The first kappa shape index (κ1) is 14.8. The molecule has 2 aromatic carbocycles. The van der Waals surface area contributed by atoms with Crippen molar-refractivity contribution in [1.29, 1.82) is 0 Å². The summed E-state index contributed by atoms with van der Waals surface area (Å²) in [6, 6.07) is 14.7. The highest BCUT2D eigenvalue weighted by atomic mass is 16.5. The van der Waals surface area contributed by atoms with E-state index >= 15 is 0 Å². The summed E-state index contributed by atoms with van der Waals surface area (Å²) in [5.41, 5.74) is 1.32. The molecule has 0 aliphatic heterocycles. The average Bonchev–Trinajstić information content (AvgIpc) is 2.60. The number of pyridine rings is 1. The summed E-state index contributed by atoms with van der Waals surface area (Å²) in [5.74, 6) is 0.163. The molecule has 3 rings (SSSR count). The third-order valence-corrected chi connectivity index (χ3v) is 3.64. The molecule has 0 radical (unpaired) electrons. The zero-order chi connectivity index (χ0) is 16.2. The van der Waals surface area contributed by atoms with Gasteiger partial charge in [0.2, 0.25) is 5.43 Å². The second-order valence-electron chi connectivity index (χ2n) is 5.08. The van der Waals surface area contributed by atoms with E-state index in [0.717, 1.165) is 5.56 Å². The third-order valence-electron chi connectivity index (χ3n) is 3.64. The molecule has 3 aromatic rings. The highest BCUT2D eigenvalue weighted by molar-refractivity contribution is 5.97. The number of aromatic nitrogens is 1. The first-order valence-electron chi connectivity index (χ1n) is 7.21. The Bertz CT molecular complexity index is 901. The standard InChI is InChI=1S/C18H16N2O3/c1-23-15-9-5-8-13-16(15)19-11-14(17(13)21)18(22)20-10-12-6-3-2-4-7-12/h2-9,11H,10H2,1H3,(H,19,21)(H,20,22). The molecule has 5 nitrogen and oxygen atoms in total. The number of amides is 1. The van der Waals surface area contributed by atoms with Gasteiger partial charge in [-0.3, -0.25) is 9.59 Å². The zero-order valence-electron chi connectivity index (χ0n) is 12.6. The van der Waals surface area contributed by atoms with E-state index in [0.29, 0.717) is 23.2 Å². The van der Waals surface area contributed by atoms with Gasteiger partial charge in [0.15, 0.2) is 0 Å². The third kappa shape index (κ3) is 2.94. The molecule has 0 fully saturated rings. The fourth-order valence-corrected chi connectivity index (χ4v) is 2.44. The number of H-pyrrole nitrogens is 1. The van der Waals surface area contributed by atoms with Crippen LogP contribution in [-0.4, -0.2) is 18.0 Å². The van der Waals surface area contributed by atoms with Gasteiger partial charge >= 0.3 is 0 Å². The van der Waals surface area contributed by atoms with Crippen LogP contribution < -0.4 is 15.5 Å². The van der Waals surface area contributed by atoms with Gasteiger partial charge in [0.25, 0.3) is 5.91 Å². The van der Waals surface area contributed by atoms with Crippen molar-refractivity contribution in [2.24, 2.45) is 0 Å². The van der Waals surface area contributed by atoms with E-state index in [4.69, 9.17) is 4.74 Å². The molecule has 23 heavy (non-hydrogen) atoms. The van der Waals surface area contributed by atoms with Gasteiger partial charge < -0.3 is 15.0 Å². The number of carbonyl (C=O) groups is 1. The van der Waals surface area contributed by atoms with Crippen molar-refractivity contribution in [3.8, 4) is 5.75 Å². The van der Waals surface area contributed by atoms with Gasteiger partial charge in [0.05, 0.1) is 18.0 Å². The monoisotopic (exact) mass is 308 g/mol. The first-order chi connectivity index (χ1) is 11.2. The van der Waals surface area contributed by atoms with Crippen molar-refractivity contribution < 1.29 is 9.53 Å². The molecule has 0 spiro atoms. The van der Waals surface area contributed by atoms with Gasteiger partial charge in [-0.25, -0.2) is 0 Å². The summed E-state index contributed by atoms with van der Waals surface area (Å²) in [6.45, 7) is 0.370. The number of benzene rings is 2. The normalized spacial score (nSPS) is 10.5. The van der Waals surface area contributed by atoms with Crippen LogP contribution in [0.4, 0.5) is 0 Å². The Kier molecular flexibility index (Phi) is 4.10. The highest BCUT2D eigenvalue weighted by Gasteiger charge is 2.14. The lowest BCUT2D eigenvalue weighted by molar-refractivity contribution is 0.0949. The molecule has 0 saturated carbocycles. The fraction of sp³-hybridized carbons (Fsp3) is 0.111. The van der Waals surface area contributed by atoms with Gasteiger partial charge in [-0.2, -0.15) is 0 Å². The lowest BCUT2D eigenvalue weighted by Crippen LogP contribution is -2.28. The minimum absolute atomic E-state index is 0.0849. The average molecular weight is 308 g/mol. The van der Waals surface area contributed by atoms with Crippen LogP contribution in [0.1, 0.15) is 15.9 Å². The van der Waals surface area contributed by atoms with Crippen LogP contribution in [0.15, 0.2) is 59.5 Å². The van der Waals surface area contributed by atoms with Crippen molar-refractivity contribution in [1.82, 2.24) is 10.3 Å². The Morgan fingerprint density at radius 2 is 1.91 bits per heavy atom. The Hall–Kier alpha value is -3.08. The molecule has 0 bridgehead atoms. The van der Waals surface area contributed by atoms with Gasteiger partial charge in [0, 0.05) is 12.7 Å². The largest absolute Gasteiger partial charge is 0.495 e. The molecule has 1 aromatic heterocycles. The van der Waals surface area contributed by atoms with E-state index in [-0.39, 0.29) is 11.0 Å². The summed E-state index contributed by atoms with van der Waals surface area (Å²) in [6.07, 6.45) is 1.42. The molecule has 116 valence electrons. The number of nitrogens with one attached hydrogen (secondary N) is 2. The molecule has 5 heteroatoms. The highest BCUT2D eigenvalue weighted by Crippen LogP contribution is 2.20. The molecule has 0 atom stereocenters. The van der Waals surface area contributed by atoms with Crippen LogP contribution in [0.25, 0.3) is 10.9 Å². The molecular formula is C18H16N2O3. The number of aromatic amines is 1. The van der Waals surface area contributed by atoms with Crippen molar-refractivity contribution in [3.63, 3.8) is 0 Å². The van der Waals surface area contributed by atoms with E-state index in [2.05, 4.69) is 10.3 Å². The van der Waals surface area contributed by atoms with Crippen LogP contribution in [0.5, 0.6) is 5.75 Å². The molecule has 0 aliphatic carbocycles. The van der Waals surface area contributed by atoms with Crippen LogP contribution in [0.3, 0.4) is 0 Å². The van der Waals surface area contributed by atoms with Gasteiger partial charge in [-0.05, 0) is 17.7 Å². The molecule has 0 saturated heterocycles. The number of carbonyl (C=O) groups excluding carboxylic acids is 1. The second-order valence-corrected chi connectivity index (χ2v) is 5.08. The molecule has 1 amide bonds. The Labute approximate surface area is 132 Å². The molecule has 1 heterocycles. The van der Waals surface area contributed by atoms with Gasteiger partial charge in [-0.15, -0.1) is 0 Å².